The first-order valence-corrected chi connectivity index (χ1v) is 7.51. The molecule has 21 heavy (non-hydrogen) atoms. The molecule has 0 spiro atoms. The van der Waals surface area contributed by atoms with E-state index in [-0.39, 0.29) is 6.04 Å². The molecule has 6 nitrogen and oxygen atoms in total. The average Bonchev–Trinajstić information content (AvgIpc) is 2.96. The van der Waals surface area contributed by atoms with Crippen molar-refractivity contribution in [2.75, 3.05) is 14.2 Å². The number of nitrogens with zero attached hydrogens (tertiary/aromatic N) is 2. The predicted molar refractivity (Wildman–Crippen MR) is 82.6 cm³/mol. The summed E-state index contributed by atoms with van der Waals surface area (Å²) >= 11 is 1.35. The number of nitrogens with two attached hydrogens (primary N) is 1. The van der Waals surface area contributed by atoms with Gasteiger partial charge in [-0.3, -0.25) is 5.84 Å². The molecular formula is C14H20N4O2S. The van der Waals surface area contributed by atoms with Gasteiger partial charge >= 0.3 is 0 Å². The number of nitrogens with one attached hydrogen (secondary N) is 1. The summed E-state index contributed by atoms with van der Waals surface area (Å²) in [5.41, 5.74) is 4.71. The Labute approximate surface area is 128 Å². The number of aryl methyl sites for hydroxylation is 1. The summed E-state index contributed by atoms with van der Waals surface area (Å²) in [5.74, 6) is 7.28. The summed E-state index contributed by atoms with van der Waals surface area (Å²) in [7, 11) is 3.27. The van der Waals surface area contributed by atoms with E-state index in [4.69, 9.17) is 15.3 Å². The van der Waals surface area contributed by atoms with E-state index < -0.39 is 0 Å². The molecule has 1 atom stereocenters. The quantitative estimate of drug-likeness (QED) is 0.602. The minimum Gasteiger partial charge on any atom is -0.497 e. The highest BCUT2D eigenvalue weighted by molar-refractivity contribution is 7.05. The second-order valence-corrected chi connectivity index (χ2v) is 5.33. The fourth-order valence-electron chi connectivity index (χ4n) is 2.22. The fourth-order valence-corrected chi connectivity index (χ4v) is 2.99. The van der Waals surface area contributed by atoms with Crippen LogP contribution in [0.4, 0.5) is 0 Å². The topological polar surface area (TPSA) is 82.3 Å². The number of benzene rings is 1. The largest absolute Gasteiger partial charge is 0.497 e. The summed E-state index contributed by atoms with van der Waals surface area (Å²) in [4.78, 5) is 1.01. The highest BCUT2D eigenvalue weighted by atomic mass is 32.1. The standard InChI is InChI=1S/C14H20N4O2S/c1-4-5-11-14(21-18-17-11)13(16-15)10-8-9(19-2)6-7-12(10)20-3/h6-8,13,16H,4-5,15H2,1-3H3. The molecule has 0 saturated heterocycles. The van der Waals surface area contributed by atoms with E-state index in [0.29, 0.717) is 0 Å². The number of hydrogen-bond acceptors (Lipinski definition) is 7. The maximum Gasteiger partial charge on any atom is 0.124 e. The molecule has 0 saturated carbocycles. The Morgan fingerprint density at radius 3 is 2.76 bits per heavy atom. The first kappa shape index (κ1) is 15.7. The van der Waals surface area contributed by atoms with Crippen molar-refractivity contribution < 1.29 is 9.47 Å². The van der Waals surface area contributed by atoms with Gasteiger partial charge in [0.15, 0.2) is 0 Å². The van der Waals surface area contributed by atoms with E-state index >= 15 is 0 Å². The Hall–Kier alpha value is -1.70. The molecule has 114 valence electrons. The van der Waals surface area contributed by atoms with Crippen LogP contribution in [-0.2, 0) is 6.42 Å². The monoisotopic (exact) mass is 308 g/mol. The number of methoxy groups -OCH3 is 2. The minimum absolute atomic E-state index is 0.225. The molecule has 1 aromatic carbocycles. The fraction of sp³-hybridized carbons (Fsp3) is 0.429. The minimum atomic E-state index is -0.225. The Morgan fingerprint density at radius 2 is 2.14 bits per heavy atom. The van der Waals surface area contributed by atoms with E-state index in [1.807, 2.05) is 18.2 Å². The van der Waals surface area contributed by atoms with Crippen LogP contribution in [0.1, 0.15) is 35.5 Å². The molecule has 0 amide bonds. The Kier molecular flexibility index (Phi) is 5.49. The van der Waals surface area contributed by atoms with E-state index in [1.165, 1.54) is 11.5 Å². The molecule has 0 aliphatic heterocycles. The van der Waals surface area contributed by atoms with E-state index in [9.17, 15) is 0 Å². The van der Waals surface area contributed by atoms with Gasteiger partial charge < -0.3 is 9.47 Å². The number of rotatable bonds is 7. The lowest BCUT2D eigenvalue weighted by molar-refractivity contribution is 0.394. The molecule has 3 N–H and O–H groups in total. The molecule has 0 bridgehead atoms. The van der Waals surface area contributed by atoms with Gasteiger partial charge in [-0.25, -0.2) is 5.43 Å². The van der Waals surface area contributed by atoms with Gasteiger partial charge in [0.1, 0.15) is 11.5 Å². The second-order valence-electron chi connectivity index (χ2n) is 4.54. The Balaban J connectivity index is 2.47. The van der Waals surface area contributed by atoms with Crippen LogP contribution in [0, 0.1) is 0 Å². The molecule has 0 fully saturated rings. The second kappa shape index (κ2) is 7.35. The lowest BCUT2D eigenvalue weighted by atomic mass is 10.0. The summed E-state index contributed by atoms with van der Waals surface area (Å²) in [5, 5.41) is 4.20. The third kappa shape index (κ3) is 3.31. The highest BCUT2D eigenvalue weighted by Crippen LogP contribution is 2.35. The maximum absolute atomic E-state index is 5.78. The zero-order valence-electron chi connectivity index (χ0n) is 12.4. The normalized spacial score (nSPS) is 12.2. The molecule has 1 heterocycles. The molecular weight excluding hydrogens is 288 g/mol. The van der Waals surface area contributed by atoms with Gasteiger partial charge in [0.25, 0.3) is 0 Å². The number of ether oxygens (including phenoxy) is 2. The SMILES string of the molecule is CCCc1nnsc1C(NN)c1cc(OC)ccc1OC. The van der Waals surface area contributed by atoms with Crippen LogP contribution in [0.5, 0.6) is 11.5 Å². The average molecular weight is 308 g/mol. The van der Waals surface area contributed by atoms with Crippen molar-refractivity contribution in [3.8, 4) is 11.5 Å². The van der Waals surface area contributed by atoms with Crippen LogP contribution >= 0.6 is 11.5 Å². The zero-order chi connectivity index (χ0) is 15.2. The van der Waals surface area contributed by atoms with Crippen LogP contribution in [0.2, 0.25) is 0 Å². The number of aromatic nitrogens is 2. The number of hydrazine groups is 1. The van der Waals surface area contributed by atoms with Crippen molar-refractivity contribution in [3.05, 3.63) is 34.3 Å². The van der Waals surface area contributed by atoms with Gasteiger partial charge in [-0.15, -0.1) is 5.10 Å². The van der Waals surface area contributed by atoms with Crippen molar-refractivity contribution >= 4 is 11.5 Å². The van der Waals surface area contributed by atoms with Gasteiger partial charge in [0.05, 0.1) is 30.8 Å². The Bertz CT molecular complexity index is 588. The third-order valence-corrected chi connectivity index (χ3v) is 4.08. The van der Waals surface area contributed by atoms with Gasteiger partial charge in [-0.05, 0) is 36.2 Å². The van der Waals surface area contributed by atoms with Crippen molar-refractivity contribution in [2.24, 2.45) is 5.84 Å². The summed E-state index contributed by atoms with van der Waals surface area (Å²) in [6.07, 6.45) is 1.88. The molecule has 0 radical (unpaired) electrons. The first-order valence-electron chi connectivity index (χ1n) is 6.74. The smallest absolute Gasteiger partial charge is 0.124 e. The molecule has 2 rings (SSSR count). The van der Waals surface area contributed by atoms with Gasteiger partial charge in [-0.1, -0.05) is 17.8 Å². The maximum atomic E-state index is 5.78. The summed E-state index contributed by atoms with van der Waals surface area (Å²) in [6, 6.07) is 5.41. The molecule has 1 unspecified atom stereocenters. The van der Waals surface area contributed by atoms with Crippen LogP contribution in [-0.4, -0.2) is 23.8 Å². The predicted octanol–water partition coefficient (Wildman–Crippen LogP) is 2.06. The van der Waals surface area contributed by atoms with Crippen molar-refractivity contribution in [2.45, 2.75) is 25.8 Å². The van der Waals surface area contributed by atoms with E-state index in [0.717, 1.165) is 40.5 Å². The third-order valence-electron chi connectivity index (χ3n) is 3.25. The first-order chi connectivity index (χ1) is 10.2. The zero-order valence-corrected chi connectivity index (χ0v) is 13.2. The lowest BCUT2D eigenvalue weighted by Gasteiger charge is -2.19. The number of hydrogen-bond donors (Lipinski definition) is 2. The van der Waals surface area contributed by atoms with Gasteiger partial charge in [-0.2, -0.15) is 0 Å². The molecule has 1 aromatic heterocycles. The van der Waals surface area contributed by atoms with Crippen molar-refractivity contribution in [3.63, 3.8) is 0 Å². The van der Waals surface area contributed by atoms with Crippen molar-refractivity contribution in [1.29, 1.82) is 0 Å². The molecule has 0 aliphatic carbocycles. The van der Waals surface area contributed by atoms with Crippen molar-refractivity contribution in [1.82, 2.24) is 15.0 Å². The van der Waals surface area contributed by atoms with Gasteiger partial charge in [0, 0.05) is 5.56 Å². The van der Waals surface area contributed by atoms with Crippen LogP contribution < -0.4 is 20.7 Å². The Morgan fingerprint density at radius 1 is 1.33 bits per heavy atom. The summed E-state index contributed by atoms with van der Waals surface area (Å²) in [6.45, 7) is 2.11. The molecule has 7 heteroatoms. The van der Waals surface area contributed by atoms with E-state index in [1.54, 1.807) is 14.2 Å². The van der Waals surface area contributed by atoms with Crippen LogP contribution in [0.25, 0.3) is 0 Å². The molecule has 2 aromatic rings. The van der Waals surface area contributed by atoms with Crippen LogP contribution in [0.15, 0.2) is 18.2 Å². The lowest BCUT2D eigenvalue weighted by Crippen LogP contribution is -2.29. The van der Waals surface area contributed by atoms with Gasteiger partial charge in [0.2, 0.25) is 0 Å². The molecule has 0 aliphatic rings. The summed E-state index contributed by atoms with van der Waals surface area (Å²) < 4.78 is 14.8. The van der Waals surface area contributed by atoms with Crippen LogP contribution in [0.3, 0.4) is 0 Å². The highest BCUT2D eigenvalue weighted by Gasteiger charge is 2.23. The van der Waals surface area contributed by atoms with E-state index in [2.05, 4.69) is 21.9 Å².